The van der Waals surface area contributed by atoms with Crippen molar-refractivity contribution in [1.29, 1.82) is 0 Å². The minimum Gasteiger partial charge on any atom is -0.507 e. The Kier molecular flexibility index (Phi) is 7.41. The summed E-state index contributed by atoms with van der Waals surface area (Å²) in [6.07, 6.45) is 5.07. The second kappa shape index (κ2) is 10.5. The SMILES string of the molecule is CCCCN(C)C(=O)c1cc(C(=O)C2Cc3ccc(OC4CCNCC4)cc3C2)c(O)cc1O. The Morgan fingerprint density at radius 1 is 1.03 bits per heavy atom. The zero-order valence-electron chi connectivity index (χ0n) is 20.0. The number of benzene rings is 2. The van der Waals surface area contributed by atoms with E-state index in [4.69, 9.17) is 4.74 Å². The molecule has 0 aromatic heterocycles. The number of rotatable bonds is 8. The number of phenols is 2. The van der Waals surface area contributed by atoms with Crippen molar-refractivity contribution in [3.8, 4) is 17.2 Å². The molecule has 182 valence electrons. The summed E-state index contributed by atoms with van der Waals surface area (Å²) in [4.78, 5) is 27.7. The van der Waals surface area contributed by atoms with E-state index in [1.165, 1.54) is 11.0 Å². The molecule has 0 bridgehead atoms. The molecule has 0 radical (unpaired) electrons. The zero-order valence-corrected chi connectivity index (χ0v) is 20.0. The van der Waals surface area contributed by atoms with Crippen LogP contribution in [-0.4, -0.2) is 59.6 Å². The van der Waals surface area contributed by atoms with Crippen molar-refractivity contribution in [2.24, 2.45) is 5.92 Å². The number of carbonyl (C=O) groups excluding carboxylic acids is 2. The lowest BCUT2D eigenvalue weighted by Crippen LogP contribution is -2.34. The van der Waals surface area contributed by atoms with Gasteiger partial charge in [-0.05, 0) is 74.5 Å². The number of Topliss-reactive ketones (excluding diaryl/α,β-unsaturated/α-hetero) is 1. The lowest BCUT2D eigenvalue weighted by atomic mass is 9.93. The number of piperidine rings is 1. The maximum Gasteiger partial charge on any atom is 0.257 e. The summed E-state index contributed by atoms with van der Waals surface area (Å²) in [5, 5.41) is 24.0. The summed E-state index contributed by atoms with van der Waals surface area (Å²) in [7, 11) is 1.67. The molecule has 1 saturated heterocycles. The number of phenolic OH excluding ortho intramolecular Hbond substituents is 2. The molecule has 1 amide bonds. The summed E-state index contributed by atoms with van der Waals surface area (Å²) in [6.45, 7) is 4.51. The van der Waals surface area contributed by atoms with Gasteiger partial charge < -0.3 is 25.2 Å². The number of fused-ring (bicyclic) bond motifs is 1. The van der Waals surface area contributed by atoms with Crippen LogP contribution in [0.4, 0.5) is 0 Å². The van der Waals surface area contributed by atoms with Crippen LogP contribution in [0.3, 0.4) is 0 Å². The fourth-order valence-electron chi connectivity index (χ4n) is 4.83. The number of carbonyl (C=O) groups is 2. The number of unbranched alkanes of at least 4 members (excludes halogenated alkanes) is 1. The first kappa shape index (κ1) is 24.1. The monoisotopic (exact) mass is 466 g/mol. The van der Waals surface area contributed by atoms with E-state index in [1.807, 2.05) is 25.1 Å². The van der Waals surface area contributed by atoms with E-state index >= 15 is 0 Å². The predicted octanol–water partition coefficient (Wildman–Crippen LogP) is 3.70. The molecule has 2 aromatic rings. The van der Waals surface area contributed by atoms with Crippen molar-refractivity contribution in [2.45, 2.75) is 51.6 Å². The minimum atomic E-state index is -0.366. The van der Waals surface area contributed by atoms with Crippen LogP contribution in [-0.2, 0) is 12.8 Å². The van der Waals surface area contributed by atoms with Crippen LogP contribution >= 0.6 is 0 Å². The van der Waals surface area contributed by atoms with Crippen LogP contribution in [0, 0.1) is 5.92 Å². The highest BCUT2D eigenvalue weighted by Gasteiger charge is 2.31. The lowest BCUT2D eigenvalue weighted by Gasteiger charge is -2.24. The summed E-state index contributed by atoms with van der Waals surface area (Å²) < 4.78 is 6.15. The van der Waals surface area contributed by atoms with Crippen LogP contribution in [0.25, 0.3) is 0 Å². The third-order valence-electron chi connectivity index (χ3n) is 6.87. The number of amides is 1. The summed E-state index contributed by atoms with van der Waals surface area (Å²) in [5.41, 5.74) is 2.30. The van der Waals surface area contributed by atoms with Crippen molar-refractivity contribution in [3.63, 3.8) is 0 Å². The Morgan fingerprint density at radius 2 is 1.74 bits per heavy atom. The largest absolute Gasteiger partial charge is 0.507 e. The topological polar surface area (TPSA) is 99.1 Å². The Labute approximate surface area is 200 Å². The fraction of sp³-hybridized carbons (Fsp3) is 0.481. The van der Waals surface area contributed by atoms with Crippen molar-refractivity contribution in [1.82, 2.24) is 10.2 Å². The molecular weight excluding hydrogens is 432 g/mol. The maximum absolute atomic E-state index is 13.4. The van der Waals surface area contributed by atoms with Crippen LogP contribution in [0.5, 0.6) is 17.2 Å². The molecule has 0 spiro atoms. The Bertz CT molecular complexity index is 1060. The van der Waals surface area contributed by atoms with Gasteiger partial charge in [0.2, 0.25) is 0 Å². The molecule has 3 N–H and O–H groups in total. The number of ether oxygens (including phenoxy) is 1. The number of nitrogens with one attached hydrogen (secondary N) is 1. The van der Waals surface area contributed by atoms with Crippen molar-refractivity contribution in [3.05, 3.63) is 52.6 Å². The van der Waals surface area contributed by atoms with Gasteiger partial charge in [-0.15, -0.1) is 0 Å². The van der Waals surface area contributed by atoms with Crippen molar-refractivity contribution < 1.29 is 24.5 Å². The Hall–Kier alpha value is -3.06. The highest BCUT2D eigenvalue weighted by molar-refractivity contribution is 6.05. The molecule has 7 heteroatoms. The number of aromatic hydroxyl groups is 2. The third-order valence-corrected chi connectivity index (χ3v) is 6.87. The molecule has 1 heterocycles. The van der Waals surface area contributed by atoms with Gasteiger partial charge in [-0.3, -0.25) is 9.59 Å². The zero-order chi connectivity index (χ0) is 24.2. The second-order valence-corrected chi connectivity index (χ2v) is 9.43. The number of hydrogen-bond acceptors (Lipinski definition) is 6. The number of ketones is 1. The average molecular weight is 467 g/mol. The molecule has 1 aliphatic heterocycles. The van der Waals surface area contributed by atoms with E-state index in [-0.39, 0.29) is 46.3 Å². The Morgan fingerprint density at radius 3 is 2.47 bits per heavy atom. The molecule has 0 saturated carbocycles. The van der Waals surface area contributed by atoms with Crippen LogP contribution in [0.2, 0.25) is 0 Å². The normalized spacial score (nSPS) is 17.9. The van der Waals surface area contributed by atoms with E-state index < -0.39 is 0 Å². The first-order valence-corrected chi connectivity index (χ1v) is 12.2. The van der Waals surface area contributed by atoms with E-state index in [2.05, 4.69) is 5.32 Å². The molecule has 4 rings (SSSR count). The third kappa shape index (κ3) is 5.20. The van der Waals surface area contributed by atoms with Gasteiger partial charge in [0.25, 0.3) is 5.91 Å². The lowest BCUT2D eigenvalue weighted by molar-refractivity contribution is 0.0790. The van der Waals surface area contributed by atoms with E-state index in [0.29, 0.717) is 19.4 Å². The molecule has 2 aromatic carbocycles. The Balaban J connectivity index is 1.49. The van der Waals surface area contributed by atoms with Gasteiger partial charge in [-0.25, -0.2) is 0 Å². The average Bonchev–Trinajstić information content (AvgIpc) is 3.26. The van der Waals surface area contributed by atoms with E-state index in [0.717, 1.165) is 61.7 Å². The smallest absolute Gasteiger partial charge is 0.257 e. The first-order valence-electron chi connectivity index (χ1n) is 12.2. The van der Waals surface area contributed by atoms with Gasteiger partial charge >= 0.3 is 0 Å². The molecule has 1 atom stereocenters. The molecular formula is C27H34N2O5. The summed E-state index contributed by atoms with van der Waals surface area (Å²) in [5.74, 6) is -0.721. The van der Waals surface area contributed by atoms with Crippen LogP contribution in [0.15, 0.2) is 30.3 Å². The van der Waals surface area contributed by atoms with Crippen LogP contribution < -0.4 is 10.1 Å². The van der Waals surface area contributed by atoms with Crippen molar-refractivity contribution >= 4 is 11.7 Å². The number of hydrogen-bond donors (Lipinski definition) is 3. The molecule has 7 nitrogen and oxygen atoms in total. The highest BCUT2D eigenvalue weighted by Crippen LogP contribution is 2.36. The minimum absolute atomic E-state index is 0.0351. The molecule has 1 fully saturated rings. The molecule has 2 aliphatic rings. The van der Waals surface area contributed by atoms with Gasteiger partial charge in [0.05, 0.1) is 11.1 Å². The van der Waals surface area contributed by atoms with E-state index in [9.17, 15) is 19.8 Å². The molecule has 34 heavy (non-hydrogen) atoms. The molecule has 1 aliphatic carbocycles. The van der Waals surface area contributed by atoms with Gasteiger partial charge in [-0.1, -0.05) is 19.4 Å². The van der Waals surface area contributed by atoms with Gasteiger partial charge in [0.1, 0.15) is 23.4 Å². The summed E-state index contributed by atoms with van der Waals surface area (Å²) >= 11 is 0. The molecule has 1 unspecified atom stereocenters. The van der Waals surface area contributed by atoms with Gasteiger partial charge in [0, 0.05) is 25.6 Å². The summed E-state index contributed by atoms with van der Waals surface area (Å²) in [6, 6.07) is 8.45. The second-order valence-electron chi connectivity index (χ2n) is 9.43. The van der Waals surface area contributed by atoms with Crippen LogP contribution in [0.1, 0.15) is 64.4 Å². The van der Waals surface area contributed by atoms with E-state index in [1.54, 1.807) is 7.05 Å². The van der Waals surface area contributed by atoms with Gasteiger partial charge in [0.15, 0.2) is 5.78 Å². The predicted molar refractivity (Wildman–Crippen MR) is 130 cm³/mol. The van der Waals surface area contributed by atoms with Crippen molar-refractivity contribution in [2.75, 3.05) is 26.7 Å². The fourth-order valence-corrected chi connectivity index (χ4v) is 4.83. The standard InChI is InChI=1S/C27H34N2O5/c1-3-4-11-29(2)27(33)23-15-22(24(30)16-25(23)31)26(32)19-12-17-5-6-21(14-18(17)13-19)34-20-7-9-28-10-8-20/h5-6,14-16,19-20,28,30-31H,3-4,7-13H2,1-2H3. The highest BCUT2D eigenvalue weighted by atomic mass is 16.5. The number of nitrogens with zero attached hydrogens (tertiary/aromatic N) is 1. The maximum atomic E-state index is 13.4. The first-order chi connectivity index (χ1) is 16.4. The van der Waals surface area contributed by atoms with Gasteiger partial charge in [-0.2, -0.15) is 0 Å². The quantitative estimate of drug-likeness (QED) is 0.513.